The smallest absolute Gasteiger partial charge is 0.179 e. The van der Waals surface area contributed by atoms with Crippen molar-refractivity contribution in [3.8, 4) is 5.75 Å². The molecule has 0 spiro atoms. The van der Waals surface area contributed by atoms with E-state index >= 15 is 0 Å². The molecule has 1 aliphatic heterocycles. The Bertz CT molecular complexity index is 569. The molecule has 2 aromatic rings. The van der Waals surface area contributed by atoms with Gasteiger partial charge < -0.3 is 15.4 Å². The maximum atomic E-state index is 5.80. The molecule has 0 aliphatic carbocycles. The first-order valence-corrected chi connectivity index (χ1v) is 6.59. The van der Waals surface area contributed by atoms with Crippen molar-refractivity contribution in [3.63, 3.8) is 0 Å². The lowest BCUT2D eigenvalue weighted by Gasteiger charge is -2.19. The number of nitrogen functional groups attached to an aromatic ring is 1. The number of rotatable bonds is 4. The first kappa shape index (κ1) is 12.2. The van der Waals surface area contributed by atoms with Crippen LogP contribution in [0.5, 0.6) is 5.75 Å². The van der Waals surface area contributed by atoms with E-state index in [-0.39, 0.29) is 0 Å². The highest BCUT2D eigenvalue weighted by atomic mass is 16.6. The van der Waals surface area contributed by atoms with Gasteiger partial charge in [0.1, 0.15) is 0 Å². The number of hydrogen-bond donors (Lipinski definition) is 1. The van der Waals surface area contributed by atoms with Gasteiger partial charge in [0.15, 0.2) is 16.8 Å². The minimum absolute atomic E-state index is 0.555. The van der Waals surface area contributed by atoms with Crippen LogP contribution in [0.2, 0.25) is 0 Å². The Hall–Kier alpha value is -1.82. The van der Waals surface area contributed by atoms with Crippen molar-refractivity contribution >= 4 is 16.7 Å². The molecule has 6 nitrogen and oxygen atoms in total. The molecule has 1 saturated heterocycles. The van der Waals surface area contributed by atoms with E-state index in [1.165, 1.54) is 19.4 Å². The topological polar surface area (TPSA) is 77.4 Å². The molecule has 1 aliphatic rings. The Labute approximate surface area is 111 Å². The highest BCUT2D eigenvalue weighted by Crippen LogP contribution is 2.27. The van der Waals surface area contributed by atoms with Gasteiger partial charge in [0.2, 0.25) is 0 Å². The Morgan fingerprint density at radius 2 is 2.26 bits per heavy atom. The van der Waals surface area contributed by atoms with Crippen molar-refractivity contribution < 1.29 is 9.37 Å². The van der Waals surface area contributed by atoms with Gasteiger partial charge in [-0.3, -0.25) is 0 Å². The van der Waals surface area contributed by atoms with Crippen LogP contribution in [0.3, 0.4) is 0 Å². The molecular weight excluding hydrogens is 244 g/mol. The lowest BCUT2D eigenvalue weighted by molar-refractivity contribution is 0.234. The van der Waals surface area contributed by atoms with Gasteiger partial charge in [0, 0.05) is 6.04 Å². The molecule has 2 heterocycles. The fourth-order valence-corrected chi connectivity index (χ4v) is 2.63. The second-order valence-corrected chi connectivity index (χ2v) is 5.03. The molecule has 19 heavy (non-hydrogen) atoms. The van der Waals surface area contributed by atoms with Crippen molar-refractivity contribution in [1.82, 2.24) is 15.2 Å². The maximum Gasteiger partial charge on any atom is 0.179 e. The van der Waals surface area contributed by atoms with Crippen molar-refractivity contribution in [3.05, 3.63) is 12.1 Å². The van der Waals surface area contributed by atoms with Gasteiger partial charge in [-0.1, -0.05) is 0 Å². The van der Waals surface area contributed by atoms with E-state index in [9.17, 15) is 0 Å². The number of nitrogens with two attached hydrogens (primary N) is 1. The number of likely N-dealkylation sites (tertiary alicyclic amines) is 1. The summed E-state index contributed by atoms with van der Waals surface area (Å²) in [4.78, 5) is 2.39. The largest absolute Gasteiger partial charge is 0.491 e. The summed E-state index contributed by atoms with van der Waals surface area (Å²) in [5.74, 6) is 0.686. The minimum atomic E-state index is 0.555. The summed E-state index contributed by atoms with van der Waals surface area (Å²) in [5, 5.41) is 7.62. The molecule has 2 N–H and O–H groups in total. The quantitative estimate of drug-likeness (QED) is 0.844. The van der Waals surface area contributed by atoms with Gasteiger partial charge in [0.25, 0.3) is 0 Å². The normalized spacial score (nSPS) is 20.2. The first-order valence-electron chi connectivity index (χ1n) is 6.59. The molecule has 1 aromatic carbocycles. The summed E-state index contributed by atoms with van der Waals surface area (Å²) in [6, 6.07) is 4.21. The second kappa shape index (κ2) is 5.05. The molecule has 6 heteroatoms. The zero-order chi connectivity index (χ0) is 13.2. The molecule has 1 atom stereocenters. The number of anilines is 1. The molecule has 3 rings (SSSR count). The Morgan fingerprint density at radius 1 is 1.42 bits per heavy atom. The molecule has 1 fully saturated rings. The van der Waals surface area contributed by atoms with Crippen LogP contribution < -0.4 is 10.5 Å². The average Bonchev–Trinajstić information content (AvgIpc) is 3.02. The summed E-state index contributed by atoms with van der Waals surface area (Å²) in [6.45, 7) is 1.85. The zero-order valence-electron chi connectivity index (χ0n) is 11.0. The maximum absolute atomic E-state index is 5.80. The third-order valence-corrected chi connectivity index (χ3v) is 3.79. The molecule has 0 saturated carbocycles. The number of aromatic nitrogens is 2. The van der Waals surface area contributed by atoms with Crippen LogP contribution in [0.15, 0.2) is 16.8 Å². The fraction of sp³-hybridized carbons (Fsp3) is 0.538. The van der Waals surface area contributed by atoms with E-state index in [4.69, 9.17) is 15.1 Å². The van der Waals surface area contributed by atoms with Crippen LogP contribution in [0.1, 0.15) is 19.3 Å². The van der Waals surface area contributed by atoms with E-state index < -0.39 is 0 Å². The van der Waals surface area contributed by atoms with Crippen molar-refractivity contribution in [1.29, 1.82) is 0 Å². The van der Waals surface area contributed by atoms with Gasteiger partial charge in [-0.05, 0) is 55.3 Å². The summed E-state index contributed by atoms with van der Waals surface area (Å²) < 4.78 is 10.5. The number of nitrogens with zero attached hydrogens (tertiary/aromatic N) is 3. The Balaban J connectivity index is 1.65. The van der Waals surface area contributed by atoms with E-state index in [2.05, 4.69) is 22.3 Å². The highest BCUT2D eigenvalue weighted by molar-refractivity contribution is 5.90. The molecule has 1 aromatic heterocycles. The van der Waals surface area contributed by atoms with Gasteiger partial charge >= 0.3 is 0 Å². The van der Waals surface area contributed by atoms with Crippen LogP contribution in [0.4, 0.5) is 5.69 Å². The second-order valence-electron chi connectivity index (χ2n) is 5.03. The van der Waals surface area contributed by atoms with Gasteiger partial charge in [-0.2, -0.15) is 0 Å². The lowest BCUT2D eigenvalue weighted by atomic mass is 10.1. The summed E-state index contributed by atoms with van der Waals surface area (Å²) in [6.07, 6.45) is 3.55. The number of fused-ring (bicyclic) bond motifs is 1. The average molecular weight is 262 g/mol. The lowest BCUT2D eigenvalue weighted by Crippen LogP contribution is -2.26. The van der Waals surface area contributed by atoms with E-state index in [0.29, 0.717) is 35.1 Å². The monoisotopic (exact) mass is 262 g/mol. The van der Waals surface area contributed by atoms with Crippen LogP contribution >= 0.6 is 0 Å². The Morgan fingerprint density at radius 3 is 3.05 bits per heavy atom. The van der Waals surface area contributed by atoms with Crippen LogP contribution in [-0.4, -0.2) is 41.5 Å². The van der Waals surface area contributed by atoms with Gasteiger partial charge in [-0.15, -0.1) is 0 Å². The van der Waals surface area contributed by atoms with Crippen molar-refractivity contribution in [2.45, 2.75) is 25.3 Å². The minimum Gasteiger partial charge on any atom is -0.491 e. The standard InChI is InChI=1S/C13H18N4O2/c1-17-7-2-3-9(17)6-8-18-11-5-4-10(14)12-13(11)16-19-15-12/h4-5,9H,2-3,6-8,14H2,1H3. The molecule has 1 unspecified atom stereocenters. The molecule has 102 valence electrons. The van der Waals surface area contributed by atoms with Gasteiger partial charge in [-0.25, -0.2) is 4.63 Å². The number of ether oxygens (including phenoxy) is 1. The van der Waals surface area contributed by atoms with Crippen LogP contribution in [0, 0.1) is 0 Å². The number of hydrogen-bond acceptors (Lipinski definition) is 6. The first-order chi connectivity index (χ1) is 9.25. The molecular formula is C13H18N4O2. The zero-order valence-corrected chi connectivity index (χ0v) is 11.0. The van der Waals surface area contributed by atoms with E-state index in [0.717, 1.165) is 6.42 Å². The predicted molar refractivity (Wildman–Crippen MR) is 72.0 cm³/mol. The van der Waals surface area contributed by atoms with E-state index in [1.54, 1.807) is 6.07 Å². The molecule has 0 amide bonds. The van der Waals surface area contributed by atoms with Crippen molar-refractivity contribution in [2.24, 2.45) is 0 Å². The summed E-state index contributed by atoms with van der Waals surface area (Å²) in [7, 11) is 2.17. The summed E-state index contributed by atoms with van der Waals surface area (Å²) >= 11 is 0. The molecule has 0 radical (unpaired) electrons. The fourth-order valence-electron chi connectivity index (χ4n) is 2.63. The SMILES string of the molecule is CN1CCCC1CCOc1ccc(N)c2nonc12. The predicted octanol–water partition coefficient (Wildman–Crippen LogP) is 1.67. The van der Waals surface area contributed by atoms with Crippen LogP contribution in [0.25, 0.3) is 11.0 Å². The third kappa shape index (κ3) is 2.35. The van der Waals surface area contributed by atoms with Crippen LogP contribution in [-0.2, 0) is 0 Å². The van der Waals surface area contributed by atoms with E-state index in [1.807, 2.05) is 6.07 Å². The molecule has 0 bridgehead atoms. The Kier molecular flexibility index (Phi) is 3.25. The summed E-state index contributed by atoms with van der Waals surface area (Å²) in [5.41, 5.74) is 7.51. The van der Waals surface area contributed by atoms with Gasteiger partial charge in [0.05, 0.1) is 12.3 Å². The highest BCUT2D eigenvalue weighted by Gasteiger charge is 2.20. The third-order valence-electron chi connectivity index (χ3n) is 3.79. The van der Waals surface area contributed by atoms with Crippen molar-refractivity contribution in [2.75, 3.05) is 25.9 Å². The number of benzene rings is 1.